The minimum atomic E-state index is -3.44. The fourth-order valence-corrected chi connectivity index (χ4v) is 2.26. The maximum Gasteiger partial charge on any atom is 0.307 e. The van der Waals surface area contributed by atoms with Crippen molar-refractivity contribution in [2.24, 2.45) is 5.92 Å². The summed E-state index contributed by atoms with van der Waals surface area (Å²) in [7, 11) is -2.14. The van der Waals surface area contributed by atoms with E-state index in [-0.39, 0.29) is 13.1 Å². The molecular formula is C6H12N2O4S. The summed E-state index contributed by atoms with van der Waals surface area (Å²) < 4.78 is 25.7. The van der Waals surface area contributed by atoms with Crippen molar-refractivity contribution in [2.45, 2.75) is 6.42 Å². The molecule has 0 amide bonds. The zero-order valence-corrected chi connectivity index (χ0v) is 8.04. The Kier molecular flexibility index (Phi) is 2.89. The Balaban J connectivity index is 2.65. The van der Waals surface area contributed by atoms with E-state index in [1.807, 2.05) is 0 Å². The molecule has 13 heavy (non-hydrogen) atoms. The van der Waals surface area contributed by atoms with Crippen LogP contribution in [0.3, 0.4) is 0 Å². The van der Waals surface area contributed by atoms with E-state index in [9.17, 15) is 13.2 Å². The van der Waals surface area contributed by atoms with E-state index in [2.05, 4.69) is 4.72 Å². The second kappa shape index (κ2) is 3.60. The Bertz CT molecular complexity index is 300. The molecule has 2 N–H and O–H groups in total. The van der Waals surface area contributed by atoms with E-state index < -0.39 is 22.1 Å². The summed E-state index contributed by atoms with van der Waals surface area (Å²) in [5.74, 6) is -1.50. The summed E-state index contributed by atoms with van der Waals surface area (Å²) in [5.41, 5.74) is 0. The molecule has 0 aromatic heterocycles. The quantitative estimate of drug-likeness (QED) is 0.613. The van der Waals surface area contributed by atoms with Crippen LogP contribution in [0.4, 0.5) is 0 Å². The van der Waals surface area contributed by atoms with Crippen molar-refractivity contribution >= 4 is 16.2 Å². The number of nitrogens with zero attached hydrogens (tertiary/aromatic N) is 1. The lowest BCUT2D eigenvalue weighted by atomic mass is 10.1. The molecule has 1 saturated heterocycles. The van der Waals surface area contributed by atoms with Crippen molar-refractivity contribution in [1.29, 1.82) is 0 Å². The van der Waals surface area contributed by atoms with Crippen molar-refractivity contribution < 1.29 is 18.3 Å². The molecule has 6 nitrogen and oxygen atoms in total. The first-order valence-electron chi connectivity index (χ1n) is 3.89. The number of carbonyl (C=O) groups is 1. The van der Waals surface area contributed by atoms with Crippen LogP contribution in [0, 0.1) is 5.92 Å². The SMILES string of the molecule is CNS(=O)(=O)N1CCC(C(=O)O)C1. The van der Waals surface area contributed by atoms with Crippen LogP contribution in [0.1, 0.15) is 6.42 Å². The van der Waals surface area contributed by atoms with Crippen LogP contribution in [0.2, 0.25) is 0 Å². The molecule has 1 aliphatic heterocycles. The van der Waals surface area contributed by atoms with Crippen LogP contribution in [-0.2, 0) is 15.0 Å². The van der Waals surface area contributed by atoms with Crippen molar-refractivity contribution in [3.8, 4) is 0 Å². The van der Waals surface area contributed by atoms with Gasteiger partial charge >= 0.3 is 5.97 Å². The molecule has 7 heteroatoms. The monoisotopic (exact) mass is 208 g/mol. The molecule has 0 aliphatic carbocycles. The highest BCUT2D eigenvalue weighted by Crippen LogP contribution is 2.18. The topological polar surface area (TPSA) is 86.7 Å². The molecule has 1 atom stereocenters. The predicted octanol–water partition coefficient (Wildman–Crippen LogP) is -1.14. The molecule has 0 aromatic carbocycles. The number of aliphatic carboxylic acids is 1. The van der Waals surface area contributed by atoms with Gasteiger partial charge in [0.2, 0.25) is 0 Å². The van der Waals surface area contributed by atoms with Gasteiger partial charge in [-0.15, -0.1) is 0 Å². The molecule has 1 rings (SSSR count). The van der Waals surface area contributed by atoms with Crippen LogP contribution in [-0.4, -0.2) is 43.9 Å². The fraction of sp³-hybridized carbons (Fsp3) is 0.833. The fourth-order valence-electron chi connectivity index (χ4n) is 1.28. The van der Waals surface area contributed by atoms with Crippen molar-refractivity contribution in [2.75, 3.05) is 20.1 Å². The summed E-state index contributed by atoms with van der Waals surface area (Å²) in [6, 6.07) is 0. The molecule has 0 saturated carbocycles. The standard InChI is InChI=1S/C6H12N2O4S/c1-7-13(11,12)8-3-2-5(4-8)6(9)10/h5,7H,2-4H2,1H3,(H,9,10). The summed E-state index contributed by atoms with van der Waals surface area (Å²) in [6.07, 6.45) is 0.385. The number of hydrogen-bond donors (Lipinski definition) is 2. The Morgan fingerprint density at radius 2 is 2.23 bits per heavy atom. The first-order valence-corrected chi connectivity index (χ1v) is 5.33. The molecule has 1 fully saturated rings. The summed E-state index contributed by atoms with van der Waals surface area (Å²) in [5, 5.41) is 8.63. The van der Waals surface area contributed by atoms with Crippen LogP contribution < -0.4 is 4.72 Å². The molecule has 0 aromatic rings. The number of hydrogen-bond acceptors (Lipinski definition) is 3. The minimum Gasteiger partial charge on any atom is -0.481 e. The van der Waals surface area contributed by atoms with Gasteiger partial charge in [-0.25, -0.2) is 4.72 Å². The zero-order valence-electron chi connectivity index (χ0n) is 7.23. The van der Waals surface area contributed by atoms with Crippen molar-refractivity contribution in [1.82, 2.24) is 9.03 Å². The highest BCUT2D eigenvalue weighted by atomic mass is 32.2. The van der Waals surface area contributed by atoms with Gasteiger partial charge in [-0.05, 0) is 6.42 Å². The van der Waals surface area contributed by atoms with E-state index in [1.54, 1.807) is 0 Å². The maximum atomic E-state index is 11.2. The molecular weight excluding hydrogens is 196 g/mol. The van der Waals surface area contributed by atoms with Gasteiger partial charge in [0.05, 0.1) is 5.92 Å². The second-order valence-electron chi connectivity index (χ2n) is 2.89. The Morgan fingerprint density at radius 1 is 1.62 bits per heavy atom. The highest BCUT2D eigenvalue weighted by Gasteiger charge is 2.33. The molecule has 1 heterocycles. The number of carboxylic acids is 1. The first kappa shape index (κ1) is 10.4. The van der Waals surface area contributed by atoms with Gasteiger partial charge in [0.25, 0.3) is 10.2 Å². The number of nitrogens with one attached hydrogen (secondary N) is 1. The lowest BCUT2D eigenvalue weighted by molar-refractivity contribution is -0.141. The predicted molar refractivity (Wildman–Crippen MR) is 45.3 cm³/mol. The lowest BCUT2D eigenvalue weighted by Gasteiger charge is -2.13. The third kappa shape index (κ3) is 2.17. The molecule has 1 unspecified atom stereocenters. The van der Waals surface area contributed by atoms with Crippen molar-refractivity contribution in [3.63, 3.8) is 0 Å². The molecule has 0 spiro atoms. The van der Waals surface area contributed by atoms with Crippen LogP contribution >= 0.6 is 0 Å². The Labute approximate surface area is 76.7 Å². The van der Waals surface area contributed by atoms with Crippen LogP contribution in [0.25, 0.3) is 0 Å². The Morgan fingerprint density at radius 3 is 2.62 bits per heavy atom. The van der Waals surface area contributed by atoms with Gasteiger partial charge in [0.15, 0.2) is 0 Å². The third-order valence-corrected chi connectivity index (χ3v) is 3.63. The highest BCUT2D eigenvalue weighted by molar-refractivity contribution is 7.87. The van der Waals surface area contributed by atoms with E-state index in [1.165, 1.54) is 7.05 Å². The van der Waals surface area contributed by atoms with Gasteiger partial charge in [-0.1, -0.05) is 0 Å². The summed E-state index contributed by atoms with van der Waals surface area (Å²) in [4.78, 5) is 10.5. The normalized spacial score (nSPS) is 24.8. The van der Waals surface area contributed by atoms with Crippen LogP contribution in [0.5, 0.6) is 0 Å². The van der Waals surface area contributed by atoms with E-state index in [0.29, 0.717) is 6.42 Å². The van der Waals surface area contributed by atoms with Gasteiger partial charge in [0, 0.05) is 20.1 Å². The van der Waals surface area contributed by atoms with Gasteiger partial charge < -0.3 is 5.11 Å². The molecule has 1 aliphatic rings. The smallest absolute Gasteiger partial charge is 0.307 e. The maximum absolute atomic E-state index is 11.2. The largest absolute Gasteiger partial charge is 0.481 e. The molecule has 76 valence electrons. The second-order valence-corrected chi connectivity index (χ2v) is 4.77. The van der Waals surface area contributed by atoms with E-state index in [4.69, 9.17) is 5.11 Å². The number of rotatable bonds is 3. The Hall–Kier alpha value is -0.660. The summed E-state index contributed by atoms with van der Waals surface area (Å²) in [6.45, 7) is 0.346. The third-order valence-electron chi connectivity index (χ3n) is 2.10. The van der Waals surface area contributed by atoms with Crippen molar-refractivity contribution in [3.05, 3.63) is 0 Å². The lowest BCUT2D eigenvalue weighted by Crippen LogP contribution is -2.37. The van der Waals surface area contributed by atoms with Gasteiger partial charge in [0.1, 0.15) is 0 Å². The van der Waals surface area contributed by atoms with E-state index >= 15 is 0 Å². The van der Waals surface area contributed by atoms with E-state index in [0.717, 1.165) is 4.31 Å². The van der Waals surface area contributed by atoms with Gasteiger partial charge in [-0.2, -0.15) is 12.7 Å². The van der Waals surface area contributed by atoms with Crippen LogP contribution in [0.15, 0.2) is 0 Å². The first-order chi connectivity index (χ1) is 5.97. The number of carboxylic acid groups (broad SMARTS) is 1. The summed E-state index contributed by atoms with van der Waals surface area (Å²) >= 11 is 0. The average Bonchev–Trinajstić information content (AvgIpc) is 2.52. The molecule has 0 bridgehead atoms. The minimum absolute atomic E-state index is 0.0680. The molecule has 0 radical (unpaired) electrons. The van der Waals surface area contributed by atoms with Gasteiger partial charge in [-0.3, -0.25) is 4.79 Å². The average molecular weight is 208 g/mol. The zero-order chi connectivity index (χ0) is 10.1.